The Labute approximate surface area is 165 Å². The number of amides is 1. The maximum absolute atomic E-state index is 12.1. The third-order valence-electron chi connectivity index (χ3n) is 3.68. The van der Waals surface area contributed by atoms with Gasteiger partial charge in [0, 0.05) is 20.6 Å². The molecule has 1 aromatic heterocycles. The maximum Gasteiger partial charge on any atom is 0.338 e. The van der Waals surface area contributed by atoms with E-state index in [9.17, 15) is 22.8 Å². The number of carbonyl (C=O) groups excluding carboxylic acids is 3. The van der Waals surface area contributed by atoms with Crippen LogP contribution in [-0.2, 0) is 35.4 Å². The summed E-state index contributed by atoms with van der Waals surface area (Å²) in [6, 6.07) is 4.92. The molecule has 0 atom stereocenters. The number of hydrogen-bond donors (Lipinski definition) is 0. The summed E-state index contributed by atoms with van der Waals surface area (Å²) in [5.41, 5.74) is 1.06. The van der Waals surface area contributed by atoms with Crippen LogP contribution in [0.1, 0.15) is 24.2 Å². The van der Waals surface area contributed by atoms with Crippen LogP contribution in [0.25, 0.3) is 10.2 Å². The lowest BCUT2D eigenvalue weighted by atomic mass is 10.2. The van der Waals surface area contributed by atoms with E-state index in [1.807, 2.05) is 0 Å². The fourth-order valence-corrected chi connectivity index (χ4v) is 4.01. The van der Waals surface area contributed by atoms with Crippen molar-refractivity contribution in [1.29, 1.82) is 0 Å². The molecule has 11 heteroatoms. The molecule has 0 fully saturated rings. The fraction of sp³-hybridized carbons (Fsp3) is 0.412. The lowest BCUT2D eigenvalue weighted by molar-refractivity contribution is -0.116. The highest BCUT2D eigenvalue weighted by Crippen LogP contribution is 2.20. The molecule has 152 valence electrons. The van der Waals surface area contributed by atoms with E-state index in [0.29, 0.717) is 28.9 Å². The average Bonchev–Trinajstić information content (AvgIpc) is 2.95. The smallest absolute Gasteiger partial charge is 0.338 e. The fourth-order valence-electron chi connectivity index (χ4n) is 2.30. The molecule has 0 spiro atoms. The second kappa shape index (κ2) is 9.22. The van der Waals surface area contributed by atoms with Crippen LogP contribution in [0.2, 0.25) is 0 Å². The Balaban J connectivity index is 2.52. The Morgan fingerprint density at radius 1 is 1.25 bits per heavy atom. The summed E-state index contributed by atoms with van der Waals surface area (Å²) < 4.78 is 35.7. The van der Waals surface area contributed by atoms with Gasteiger partial charge < -0.3 is 14.0 Å². The van der Waals surface area contributed by atoms with Gasteiger partial charge in [0.2, 0.25) is 15.0 Å². The minimum Gasteiger partial charge on any atom is -0.462 e. The number of carbonyl (C=O) groups is 3. The number of benzene rings is 1. The largest absolute Gasteiger partial charge is 0.462 e. The molecule has 0 radical (unpaired) electrons. The van der Waals surface area contributed by atoms with Crippen molar-refractivity contribution in [2.45, 2.75) is 20.4 Å². The van der Waals surface area contributed by atoms with Crippen molar-refractivity contribution in [2.75, 3.05) is 26.1 Å². The molecule has 1 heterocycles. The average molecular weight is 428 g/mol. The zero-order valence-corrected chi connectivity index (χ0v) is 17.3. The number of ether oxygens (including phenoxy) is 2. The van der Waals surface area contributed by atoms with Crippen LogP contribution in [0.4, 0.5) is 0 Å². The number of sulfone groups is 1. The van der Waals surface area contributed by atoms with Crippen molar-refractivity contribution in [2.24, 2.45) is 4.99 Å². The van der Waals surface area contributed by atoms with Gasteiger partial charge in [0.15, 0.2) is 4.80 Å². The Morgan fingerprint density at radius 3 is 2.57 bits per heavy atom. The number of esters is 1. The summed E-state index contributed by atoms with van der Waals surface area (Å²) in [6.07, 6.45) is 0. The van der Waals surface area contributed by atoms with Gasteiger partial charge in [-0.15, -0.1) is 0 Å². The summed E-state index contributed by atoms with van der Waals surface area (Å²) in [5.74, 6) is -2.41. The maximum atomic E-state index is 12.1. The second-order valence-electron chi connectivity index (χ2n) is 5.69. The van der Waals surface area contributed by atoms with E-state index >= 15 is 0 Å². The molecule has 0 bridgehead atoms. The van der Waals surface area contributed by atoms with Crippen molar-refractivity contribution >= 4 is 48.4 Å². The van der Waals surface area contributed by atoms with Crippen LogP contribution in [0.5, 0.6) is 0 Å². The first-order valence-corrected chi connectivity index (χ1v) is 10.8. The van der Waals surface area contributed by atoms with Gasteiger partial charge in [-0.1, -0.05) is 11.3 Å². The van der Waals surface area contributed by atoms with Crippen molar-refractivity contribution in [3.8, 4) is 0 Å². The summed E-state index contributed by atoms with van der Waals surface area (Å²) in [7, 11) is -2.65. The van der Waals surface area contributed by atoms with Crippen LogP contribution in [0, 0.1) is 0 Å². The minimum atomic E-state index is -4.17. The predicted molar refractivity (Wildman–Crippen MR) is 103 cm³/mol. The zero-order chi connectivity index (χ0) is 20.9. The van der Waals surface area contributed by atoms with Crippen LogP contribution in [0.3, 0.4) is 0 Å². The summed E-state index contributed by atoms with van der Waals surface area (Å²) in [4.78, 5) is 39.2. The van der Waals surface area contributed by atoms with Gasteiger partial charge in [0.05, 0.1) is 29.0 Å². The van der Waals surface area contributed by atoms with Gasteiger partial charge in [-0.2, -0.15) is 4.99 Å². The first-order valence-electron chi connectivity index (χ1n) is 8.30. The van der Waals surface area contributed by atoms with E-state index in [1.165, 1.54) is 7.11 Å². The molecule has 0 aliphatic rings. The lowest BCUT2D eigenvalue weighted by Crippen LogP contribution is -2.24. The molecule has 2 rings (SSSR count). The molecule has 1 aromatic carbocycles. The number of methoxy groups -OCH3 is 1. The van der Waals surface area contributed by atoms with Gasteiger partial charge in [0.25, 0.3) is 5.91 Å². The predicted octanol–water partition coefficient (Wildman–Crippen LogP) is 0.914. The highest BCUT2D eigenvalue weighted by Gasteiger charge is 2.22. The third-order valence-corrected chi connectivity index (χ3v) is 6.23. The molecule has 0 saturated carbocycles. The molecule has 0 aliphatic heterocycles. The summed E-state index contributed by atoms with van der Waals surface area (Å²) >= 11 is 1.12. The SMILES string of the molecule is CCOC(=O)c1ccc2c(c1)sc(=NC(=O)CS(=O)(=O)C(C)=O)n2CCOC. The monoisotopic (exact) mass is 428 g/mol. The molecule has 0 aliphatic carbocycles. The minimum absolute atomic E-state index is 0.245. The van der Waals surface area contributed by atoms with Crippen molar-refractivity contribution < 1.29 is 32.3 Å². The Kier molecular flexibility index (Phi) is 7.22. The van der Waals surface area contributed by atoms with Crippen LogP contribution >= 0.6 is 11.3 Å². The topological polar surface area (TPSA) is 121 Å². The number of aromatic nitrogens is 1. The van der Waals surface area contributed by atoms with Crippen LogP contribution < -0.4 is 4.80 Å². The van der Waals surface area contributed by atoms with Gasteiger partial charge in [-0.05, 0) is 25.1 Å². The molecule has 0 unspecified atom stereocenters. The summed E-state index contributed by atoms with van der Waals surface area (Å²) in [5, 5.41) is -1.08. The highest BCUT2D eigenvalue weighted by molar-refractivity contribution is 8.06. The highest BCUT2D eigenvalue weighted by atomic mass is 32.2. The van der Waals surface area contributed by atoms with E-state index in [2.05, 4.69) is 4.99 Å². The van der Waals surface area contributed by atoms with Gasteiger partial charge >= 0.3 is 5.97 Å². The number of nitrogens with zero attached hydrogens (tertiary/aromatic N) is 2. The Morgan fingerprint density at radius 2 is 1.96 bits per heavy atom. The van der Waals surface area contributed by atoms with E-state index in [0.717, 1.165) is 18.3 Å². The van der Waals surface area contributed by atoms with Gasteiger partial charge in [-0.25, -0.2) is 13.2 Å². The molecular formula is C17H20N2O7S2. The lowest BCUT2D eigenvalue weighted by Gasteiger charge is -2.05. The molecule has 0 saturated heterocycles. The third kappa shape index (κ3) is 5.12. The number of hydrogen-bond acceptors (Lipinski definition) is 8. The standard InChI is InChI=1S/C17H20N2O7S2/c1-4-26-16(22)12-5-6-13-14(9-12)27-17(19(13)7-8-25-3)18-15(21)10-28(23,24)11(2)20/h5-6,9H,4,7-8,10H2,1-3H3. The first-order chi connectivity index (χ1) is 13.2. The van der Waals surface area contributed by atoms with Crippen molar-refractivity contribution in [1.82, 2.24) is 4.57 Å². The van der Waals surface area contributed by atoms with Gasteiger partial charge in [-0.3, -0.25) is 9.59 Å². The van der Waals surface area contributed by atoms with E-state index in [-0.39, 0.29) is 11.4 Å². The van der Waals surface area contributed by atoms with Crippen LogP contribution in [0.15, 0.2) is 23.2 Å². The second-order valence-corrected chi connectivity index (χ2v) is 8.79. The van der Waals surface area contributed by atoms with Crippen molar-refractivity contribution in [3.05, 3.63) is 28.6 Å². The molecular weight excluding hydrogens is 408 g/mol. The normalized spacial score (nSPS) is 12.3. The number of thiazole rings is 1. The molecule has 28 heavy (non-hydrogen) atoms. The van der Waals surface area contributed by atoms with Crippen LogP contribution in [-0.4, -0.2) is 56.1 Å². The van der Waals surface area contributed by atoms with Crippen molar-refractivity contribution in [3.63, 3.8) is 0 Å². The number of fused-ring (bicyclic) bond motifs is 1. The molecule has 2 aromatic rings. The summed E-state index contributed by atoms with van der Waals surface area (Å²) in [6.45, 7) is 3.53. The molecule has 1 amide bonds. The van der Waals surface area contributed by atoms with E-state index in [1.54, 1.807) is 29.7 Å². The zero-order valence-electron chi connectivity index (χ0n) is 15.6. The first kappa shape index (κ1) is 21.9. The van der Waals surface area contributed by atoms with E-state index < -0.39 is 32.6 Å². The van der Waals surface area contributed by atoms with E-state index in [4.69, 9.17) is 9.47 Å². The number of rotatable bonds is 7. The molecule has 0 N–H and O–H groups in total. The quantitative estimate of drug-likeness (QED) is 0.601. The van der Waals surface area contributed by atoms with Gasteiger partial charge in [0.1, 0.15) is 5.75 Å². The Bertz CT molecular complexity index is 1080. The Hall–Kier alpha value is -2.37. The molecule has 9 nitrogen and oxygen atoms in total.